The number of pyridine rings is 1. The largest absolute Gasteiger partial charge is 0.354 e. The summed E-state index contributed by atoms with van der Waals surface area (Å²) in [5.41, 5.74) is 2.83. The van der Waals surface area contributed by atoms with Gasteiger partial charge in [0, 0.05) is 23.3 Å². The normalized spacial score (nSPS) is 11.1. The Labute approximate surface area is 155 Å². The molecular weight excluding hydrogens is 405 g/mol. The average Bonchev–Trinajstić information content (AvgIpc) is 3.21. The van der Waals surface area contributed by atoms with Gasteiger partial charge in [0.25, 0.3) is 0 Å². The maximum atomic E-state index is 12.9. The highest BCUT2D eigenvalue weighted by atomic mass is 79.9. The van der Waals surface area contributed by atoms with Crippen molar-refractivity contribution in [2.45, 2.75) is 13.0 Å². The lowest BCUT2D eigenvalue weighted by molar-refractivity contribution is 0.627. The SMILES string of the molecule is Fc1ccc(Cc2nnc(NCc3cn4cc(Br)ccc4n3)s2)cc1. The number of halogens is 2. The summed E-state index contributed by atoms with van der Waals surface area (Å²) >= 11 is 4.94. The second-order valence-corrected chi connectivity index (χ2v) is 7.48. The Balaban J connectivity index is 1.41. The third-order valence-corrected chi connectivity index (χ3v) is 4.97. The van der Waals surface area contributed by atoms with Crippen LogP contribution >= 0.6 is 27.3 Å². The fourth-order valence-corrected chi connectivity index (χ4v) is 3.56. The summed E-state index contributed by atoms with van der Waals surface area (Å²) < 4.78 is 15.9. The van der Waals surface area contributed by atoms with Crippen LogP contribution in [0.1, 0.15) is 16.3 Å². The van der Waals surface area contributed by atoms with Gasteiger partial charge in [-0.2, -0.15) is 0 Å². The number of fused-ring (bicyclic) bond motifs is 1. The van der Waals surface area contributed by atoms with E-state index >= 15 is 0 Å². The molecule has 5 nitrogen and oxygen atoms in total. The van der Waals surface area contributed by atoms with Crippen molar-refractivity contribution in [3.63, 3.8) is 0 Å². The standard InChI is InChI=1S/C17H13BrFN5S/c18-12-3-6-15-21-14(10-24(15)9-12)8-20-17-23-22-16(25-17)7-11-1-4-13(19)5-2-11/h1-6,9-10H,7-8H2,(H,20,23). The zero-order chi connectivity index (χ0) is 17.2. The van der Waals surface area contributed by atoms with Crippen LogP contribution < -0.4 is 5.32 Å². The molecular formula is C17H13BrFN5S. The molecule has 0 spiro atoms. The van der Waals surface area contributed by atoms with E-state index in [1.165, 1.54) is 23.5 Å². The summed E-state index contributed by atoms with van der Waals surface area (Å²) in [6.45, 7) is 0.574. The van der Waals surface area contributed by atoms with Crippen molar-refractivity contribution < 1.29 is 4.39 Å². The smallest absolute Gasteiger partial charge is 0.206 e. The van der Waals surface area contributed by atoms with Gasteiger partial charge in [-0.05, 0) is 45.8 Å². The lowest BCUT2D eigenvalue weighted by Crippen LogP contribution is -1.98. The van der Waals surface area contributed by atoms with Crippen molar-refractivity contribution in [3.05, 3.63) is 75.3 Å². The third-order valence-electron chi connectivity index (χ3n) is 3.62. The maximum Gasteiger partial charge on any atom is 0.206 e. The van der Waals surface area contributed by atoms with Crippen LogP contribution in [0.5, 0.6) is 0 Å². The minimum absolute atomic E-state index is 0.233. The molecule has 0 aliphatic carbocycles. The number of imidazole rings is 1. The van der Waals surface area contributed by atoms with E-state index in [2.05, 4.69) is 36.4 Å². The summed E-state index contributed by atoms with van der Waals surface area (Å²) in [5.74, 6) is -0.233. The van der Waals surface area contributed by atoms with E-state index in [1.54, 1.807) is 12.1 Å². The molecule has 8 heteroatoms. The van der Waals surface area contributed by atoms with Gasteiger partial charge in [0.1, 0.15) is 16.5 Å². The van der Waals surface area contributed by atoms with E-state index in [0.29, 0.717) is 13.0 Å². The molecule has 1 N–H and O–H groups in total. The quantitative estimate of drug-likeness (QED) is 0.526. The van der Waals surface area contributed by atoms with Gasteiger partial charge in [-0.15, -0.1) is 10.2 Å². The number of benzene rings is 1. The minimum Gasteiger partial charge on any atom is -0.354 e. The zero-order valence-electron chi connectivity index (χ0n) is 13.0. The van der Waals surface area contributed by atoms with E-state index in [9.17, 15) is 4.39 Å². The van der Waals surface area contributed by atoms with Gasteiger partial charge in [-0.25, -0.2) is 9.37 Å². The van der Waals surface area contributed by atoms with E-state index < -0.39 is 0 Å². The summed E-state index contributed by atoms with van der Waals surface area (Å²) in [6.07, 6.45) is 4.59. The molecule has 0 fully saturated rings. The molecule has 4 rings (SSSR count). The molecule has 3 aromatic heterocycles. The van der Waals surface area contributed by atoms with Crippen molar-refractivity contribution in [2.24, 2.45) is 0 Å². The van der Waals surface area contributed by atoms with Crippen molar-refractivity contribution in [3.8, 4) is 0 Å². The predicted octanol–water partition coefficient (Wildman–Crippen LogP) is 4.29. The van der Waals surface area contributed by atoms with E-state index in [-0.39, 0.29) is 5.82 Å². The lowest BCUT2D eigenvalue weighted by Gasteiger charge is -1.97. The first kappa shape index (κ1) is 16.2. The number of nitrogens with zero attached hydrogens (tertiary/aromatic N) is 4. The van der Waals surface area contributed by atoms with Gasteiger partial charge in [0.15, 0.2) is 0 Å². The zero-order valence-corrected chi connectivity index (χ0v) is 15.4. The molecule has 4 aromatic rings. The number of aromatic nitrogens is 4. The lowest BCUT2D eigenvalue weighted by atomic mass is 10.2. The Kier molecular flexibility index (Phi) is 4.46. The van der Waals surface area contributed by atoms with Crippen LogP contribution in [0.15, 0.2) is 53.3 Å². The van der Waals surface area contributed by atoms with Crippen molar-refractivity contribution in [1.82, 2.24) is 19.6 Å². The molecule has 0 saturated carbocycles. The molecule has 3 heterocycles. The van der Waals surface area contributed by atoms with Gasteiger partial charge >= 0.3 is 0 Å². The van der Waals surface area contributed by atoms with Crippen LogP contribution in [0.2, 0.25) is 0 Å². The van der Waals surface area contributed by atoms with E-state index in [0.717, 1.165) is 31.5 Å². The summed E-state index contributed by atoms with van der Waals surface area (Å²) in [6, 6.07) is 10.4. The molecule has 126 valence electrons. The van der Waals surface area contributed by atoms with Gasteiger partial charge < -0.3 is 9.72 Å². The molecule has 0 saturated heterocycles. The van der Waals surface area contributed by atoms with Gasteiger partial charge in [-0.3, -0.25) is 0 Å². The van der Waals surface area contributed by atoms with Crippen molar-refractivity contribution in [1.29, 1.82) is 0 Å². The number of anilines is 1. The Morgan fingerprint density at radius 3 is 2.76 bits per heavy atom. The number of hydrogen-bond acceptors (Lipinski definition) is 5. The fourth-order valence-electron chi connectivity index (χ4n) is 2.44. The Morgan fingerprint density at radius 2 is 1.92 bits per heavy atom. The van der Waals surface area contributed by atoms with Crippen LogP contribution in [-0.4, -0.2) is 19.6 Å². The van der Waals surface area contributed by atoms with Crippen LogP contribution in [0.25, 0.3) is 5.65 Å². The molecule has 0 atom stereocenters. The summed E-state index contributed by atoms with van der Waals surface area (Å²) in [7, 11) is 0. The molecule has 0 unspecified atom stereocenters. The molecule has 25 heavy (non-hydrogen) atoms. The van der Waals surface area contributed by atoms with Crippen LogP contribution in [0.4, 0.5) is 9.52 Å². The van der Waals surface area contributed by atoms with Gasteiger partial charge in [0.05, 0.1) is 12.2 Å². The van der Waals surface area contributed by atoms with E-state index in [1.807, 2.05) is 28.9 Å². The summed E-state index contributed by atoms with van der Waals surface area (Å²) in [4.78, 5) is 4.55. The first-order valence-corrected chi connectivity index (χ1v) is 9.20. The number of nitrogens with one attached hydrogen (secondary N) is 1. The Morgan fingerprint density at radius 1 is 1.08 bits per heavy atom. The molecule has 1 aromatic carbocycles. The second-order valence-electron chi connectivity index (χ2n) is 5.50. The molecule has 0 bridgehead atoms. The number of hydrogen-bond donors (Lipinski definition) is 1. The molecule has 0 aliphatic rings. The van der Waals surface area contributed by atoms with Crippen LogP contribution in [0.3, 0.4) is 0 Å². The third kappa shape index (κ3) is 3.85. The average molecular weight is 418 g/mol. The molecule has 0 aliphatic heterocycles. The number of rotatable bonds is 5. The van der Waals surface area contributed by atoms with Gasteiger partial charge in [0.2, 0.25) is 5.13 Å². The summed E-state index contributed by atoms with van der Waals surface area (Å²) in [5, 5.41) is 13.2. The van der Waals surface area contributed by atoms with Crippen molar-refractivity contribution in [2.75, 3.05) is 5.32 Å². The Hall–Kier alpha value is -2.32. The highest BCUT2D eigenvalue weighted by Crippen LogP contribution is 2.20. The predicted molar refractivity (Wildman–Crippen MR) is 99.3 cm³/mol. The molecule has 0 radical (unpaired) electrons. The Bertz CT molecular complexity index is 1010. The first-order valence-electron chi connectivity index (χ1n) is 7.59. The van der Waals surface area contributed by atoms with Crippen molar-refractivity contribution >= 4 is 38.0 Å². The highest BCUT2D eigenvalue weighted by Gasteiger charge is 2.07. The maximum absolute atomic E-state index is 12.9. The fraction of sp³-hybridized carbons (Fsp3) is 0.118. The minimum atomic E-state index is -0.233. The second kappa shape index (κ2) is 6.89. The monoisotopic (exact) mass is 417 g/mol. The highest BCUT2D eigenvalue weighted by molar-refractivity contribution is 9.10. The first-order chi connectivity index (χ1) is 12.2. The topological polar surface area (TPSA) is 55.1 Å². The van der Waals surface area contributed by atoms with Crippen LogP contribution in [0, 0.1) is 5.82 Å². The molecule has 0 amide bonds. The van der Waals surface area contributed by atoms with E-state index in [4.69, 9.17) is 0 Å². The van der Waals surface area contributed by atoms with Gasteiger partial charge in [-0.1, -0.05) is 23.5 Å². The van der Waals surface area contributed by atoms with Crippen LogP contribution in [-0.2, 0) is 13.0 Å².